The van der Waals surface area contributed by atoms with E-state index < -0.39 is 0 Å². The summed E-state index contributed by atoms with van der Waals surface area (Å²) in [5, 5.41) is 11.8. The Kier molecular flexibility index (Phi) is 5.83. The molecule has 0 aliphatic heterocycles. The van der Waals surface area contributed by atoms with Crippen LogP contribution in [0.15, 0.2) is 27.8 Å². The summed E-state index contributed by atoms with van der Waals surface area (Å²) < 4.78 is 7.50. The van der Waals surface area contributed by atoms with Gasteiger partial charge in [0.1, 0.15) is 0 Å². The first-order valence-corrected chi connectivity index (χ1v) is 9.76. The summed E-state index contributed by atoms with van der Waals surface area (Å²) in [7, 11) is 0. The maximum atomic E-state index is 12.2. The van der Waals surface area contributed by atoms with Gasteiger partial charge in [-0.25, -0.2) is 4.98 Å². The van der Waals surface area contributed by atoms with Gasteiger partial charge in [-0.05, 0) is 24.6 Å². The number of halogens is 1. The van der Waals surface area contributed by atoms with E-state index in [0.717, 1.165) is 29.2 Å². The first-order valence-electron chi connectivity index (χ1n) is 8.39. The van der Waals surface area contributed by atoms with E-state index in [-0.39, 0.29) is 23.6 Å². The van der Waals surface area contributed by atoms with E-state index >= 15 is 0 Å². The molecule has 0 spiro atoms. The molecule has 0 saturated carbocycles. The van der Waals surface area contributed by atoms with Crippen molar-refractivity contribution < 1.29 is 9.21 Å². The second-order valence-electron chi connectivity index (χ2n) is 6.12. The number of amides is 1. The van der Waals surface area contributed by atoms with Crippen molar-refractivity contribution in [2.75, 3.05) is 11.1 Å². The molecule has 0 radical (unpaired) electrons. The molecular formula is C17H20ClN5O2S. The van der Waals surface area contributed by atoms with Crippen LogP contribution >= 0.6 is 23.4 Å². The SMILES string of the molecule is CCCn1c(SCC(=O)Nc2nnc(C(C)C)o2)nc2cc(Cl)ccc21. The van der Waals surface area contributed by atoms with Crippen LogP contribution in [0.5, 0.6) is 0 Å². The predicted octanol–water partition coefficient (Wildman–Crippen LogP) is 4.34. The number of hydrogen-bond acceptors (Lipinski definition) is 6. The quantitative estimate of drug-likeness (QED) is 0.601. The fraction of sp³-hybridized carbons (Fsp3) is 0.412. The third-order valence-electron chi connectivity index (χ3n) is 3.64. The molecule has 3 aromatic rings. The third-order valence-corrected chi connectivity index (χ3v) is 4.85. The van der Waals surface area contributed by atoms with Gasteiger partial charge < -0.3 is 8.98 Å². The number of fused-ring (bicyclic) bond motifs is 1. The number of aryl methyl sites for hydroxylation is 1. The third kappa shape index (κ3) is 4.19. The van der Waals surface area contributed by atoms with Gasteiger partial charge in [0.15, 0.2) is 5.16 Å². The lowest BCUT2D eigenvalue weighted by atomic mass is 10.2. The zero-order valence-corrected chi connectivity index (χ0v) is 16.4. The Balaban J connectivity index is 1.70. The van der Waals surface area contributed by atoms with Crippen LogP contribution < -0.4 is 5.32 Å². The van der Waals surface area contributed by atoms with E-state index in [0.29, 0.717) is 10.9 Å². The van der Waals surface area contributed by atoms with E-state index in [1.807, 2.05) is 32.0 Å². The fourth-order valence-corrected chi connectivity index (χ4v) is 3.44. The molecule has 1 N–H and O–H groups in total. The largest absolute Gasteiger partial charge is 0.408 e. The Hall–Kier alpha value is -2.06. The number of thioether (sulfide) groups is 1. The molecule has 0 saturated heterocycles. The van der Waals surface area contributed by atoms with Crippen LogP contribution in [0.25, 0.3) is 11.0 Å². The zero-order chi connectivity index (χ0) is 18.7. The molecule has 9 heteroatoms. The molecule has 0 aliphatic carbocycles. The van der Waals surface area contributed by atoms with Gasteiger partial charge in [-0.15, -0.1) is 5.10 Å². The maximum absolute atomic E-state index is 12.2. The van der Waals surface area contributed by atoms with Gasteiger partial charge in [0.05, 0.1) is 16.8 Å². The van der Waals surface area contributed by atoms with Crippen LogP contribution in [0.4, 0.5) is 6.01 Å². The van der Waals surface area contributed by atoms with Crippen LogP contribution in [0, 0.1) is 0 Å². The fourth-order valence-electron chi connectivity index (χ4n) is 2.43. The molecule has 0 unspecified atom stereocenters. The molecule has 1 amide bonds. The number of carbonyl (C=O) groups excluding carboxylic acids is 1. The minimum absolute atomic E-state index is 0.114. The normalized spacial score (nSPS) is 11.4. The maximum Gasteiger partial charge on any atom is 0.322 e. The number of benzene rings is 1. The highest BCUT2D eigenvalue weighted by Crippen LogP contribution is 2.26. The lowest BCUT2D eigenvalue weighted by molar-refractivity contribution is -0.113. The Morgan fingerprint density at radius 1 is 1.38 bits per heavy atom. The second kappa shape index (κ2) is 8.09. The summed E-state index contributed by atoms with van der Waals surface area (Å²) in [4.78, 5) is 16.8. The van der Waals surface area contributed by atoms with Gasteiger partial charge in [0, 0.05) is 17.5 Å². The molecule has 2 aromatic heterocycles. The van der Waals surface area contributed by atoms with E-state index in [2.05, 4.69) is 32.0 Å². The lowest BCUT2D eigenvalue weighted by Crippen LogP contribution is -2.15. The van der Waals surface area contributed by atoms with Gasteiger partial charge in [0.2, 0.25) is 11.8 Å². The molecule has 26 heavy (non-hydrogen) atoms. The standard InChI is InChI=1S/C17H20ClN5O2S/c1-4-7-23-13-6-5-11(18)8-12(13)19-17(23)26-9-14(24)20-16-22-21-15(25-16)10(2)3/h5-6,8,10H,4,7,9H2,1-3H3,(H,20,22,24). The van der Waals surface area contributed by atoms with Gasteiger partial charge in [-0.3, -0.25) is 10.1 Å². The van der Waals surface area contributed by atoms with Crippen molar-refractivity contribution >= 4 is 46.3 Å². The Morgan fingerprint density at radius 2 is 2.19 bits per heavy atom. The number of aromatic nitrogens is 4. The number of carbonyl (C=O) groups is 1. The van der Waals surface area contributed by atoms with Crippen molar-refractivity contribution in [3.8, 4) is 0 Å². The Bertz CT molecular complexity index is 921. The summed E-state index contributed by atoms with van der Waals surface area (Å²) in [5.74, 6) is 0.583. The molecule has 1 aromatic carbocycles. The average Bonchev–Trinajstić information content (AvgIpc) is 3.18. The smallest absolute Gasteiger partial charge is 0.322 e. The highest BCUT2D eigenvalue weighted by atomic mass is 35.5. The summed E-state index contributed by atoms with van der Waals surface area (Å²) in [6.45, 7) is 6.81. The molecular weight excluding hydrogens is 374 g/mol. The van der Waals surface area contributed by atoms with Gasteiger partial charge in [0.25, 0.3) is 0 Å². The summed E-state index contributed by atoms with van der Waals surface area (Å²) >= 11 is 7.42. The molecule has 7 nitrogen and oxygen atoms in total. The van der Waals surface area contributed by atoms with E-state index in [9.17, 15) is 4.79 Å². The topological polar surface area (TPSA) is 85.8 Å². The first kappa shape index (κ1) is 18.7. The number of imidazole rings is 1. The number of anilines is 1. The van der Waals surface area contributed by atoms with Crippen LogP contribution in [0.2, 0.25) is 5.02 Å². The lowest BCUT2D eigenvalue weighted by Gasteiger charge is -2.07. The minimum Gasteiger partial charge on any atom is -0.408 e. The molecule has 0 atom stereocenters. The summed E-state index contributed by atoms with van der Waals surface area (Å²) in [6.07, 6.45) is 0.966. The molecule has 3 rings (SSSR count). The van der Waals surface area contributed by atoms with Crippen LogP contribution in [-0.4, -0.2) is 31.4 Å². The van der Waals surface area contributed by atoms with Gasteiger partial charge in [-0.1, -0.05) is 49.2 Å². The number of rotatable bonds is 7. The molecule has 0 fully saturated rings. The van der Waals surface area contributed by atoms with Crippen LogP contribution in [0.3, 0.4) is 0 Å². The van der Waals surface area contributed by atoms with Crippen molar-refractivity contribution in [1.82, 2.24) is 19.7 Å². The number of nitrogens with one attached hydrogen (secondary N) is 1. The Morgan fingerprint density at radius 3 is 2.88 bits per heavy atom. The van der Waals surface area contributed by atoms with Crippen molar-refractivity contribution in [3.05, 3.63) is 29.1 Å². The van der Waals surface area contributed by atoms with E-state index in [4.69, 9.17) is 16.0 Å². The molecule has 0 bridgehead atoms. The van der Waals surface area contributed by atoms with Gasteiger partial charge in [-0.2, -0.15) is 0 Å². The van der Waals surface area contributed by atoms with Crippen LogP contribution in [0.1, 0.15) is 39.0 Å². The van der Waals surface area contributed by atoms with Crippen molar-refractivity contribution in [2.24, 2.45) is 0 Å². The van der Waals surface area contributed by atoms with Crippen LogP contribution in [-0.2, 0) is 11.3 Å². The van der Waals surface area contributed by atoms with Gasteiger partial charge >= 0.3 is 6.01 Å². The van der Waals surface area contributed by atoms with E-state index in [1.165, 1.54) is 11.8 Å². The molecule has 138 valence electrons. The highest BCUT2D eigenvalue weighted by Gasteiger charge is 2.15. The second-order valence-corrected chi connectivity index (χ2v) is 7.49. The summed E-state index contributed by atoms with van der Waals surface area (Å²) in [6, 6.07) is 5.75. The van der Waals surface area contributed by atoms with Crippen molar-refractivity contribution in [3.63, 3.8) is 0 Å². The van der Waals surface area contributed by atoms with Crippen molar-refractivity contribution in [2.45, 2.75) is 44.8 Å². The zero-order valence-electron chi connectivity index (χ0n) is 14.8. The Labute approximate surface area is 160 Å². The monoisotopic (exact) mass is 393 g/mol. The highest BCUT2D eigenvalue weighted by molar-refractivity contribution is 7.99. The molecule has 0 aliphatic rings. The minimum atomic E-state index is -0.220. The predicted molar refractivity (Wildman–Crippen MR) is 103 cm³/mol. The number of nitrogens with zero attached hydrogens (tertiary/aromatic N) is 4. The van der Waals surface area contributed by atoms with E-state index in [1.54, 1.807) is 0 Å². The van der Waals surface area contributed by atoms with Crippen molar-refractivity contribution in [1.29, 1.82) is 0 Å². The first-order chi connectivity index (χ1) is 12.5. The summed E-state index contributed by atoms with van der Waals surface area (Å²) in [5.41, 5.74) is 1.84. The average molecular weight is 394 g/mol. The molecule has 2 heterocycles. The number of hydrogen-bond donors (Lipinski definition) is 1.